The molecule has 0 aromatic heterocycles. The van der Waals surface area contributed by atoms with E-state index in [1.807, 2.05) is 6.07 Å². The molecule has 1 heterocycles. The topological polar surface area (TPSA) is 101 Å². The maximum atomic E-state index is 13.1. The van der Waals surface area contributed by atoms with E-state index in [2.05, 4.69) is 0 Å². The van der Waals surface area contributed by atoms with Gasteiger partial charge in [0.25, 0.3) is 11.6 Å². The first-order valence-electron chi connectivity index (χ1n) is 10.0. The van der Waals surface area contributed by atoms with Gasteiger partial charge >= 0.3 is 0 Å². The van der Waals surface area contributed by atoms with Crippen LogP contribution in [-0.2, 0) is 22.9 Å². The smallest absolute Gasteiger partial charge is 0.282 e. The number of benzene rings is 2. The van der Waals surface area contributed by atoms with Gasteiger partial charge in [-0.25, -0.2) is 8.42 Å². The Morgan fingerprint density at radius 3 is 2.30 bits per heavy atom. The van der Waals surface area contributed by atoms with E-state index >= 15 is 0 Å². The Hall–Kier alpha value is -2.78. The third-order valence-electron chi connectivity index (χ3n) is 5.81. The number of nitro benzene ring substituents is 1. The van der Waals surface area contributed by atoms with Crippen molar-refractivity contribution >= 4 is 21.6 Å². The minimum Gasteiger partial charge on any atom is -0.336 e. The van der Waals surface area contributed by atoms with E-state index in [-0.39, 0.29) is 37.4 Å². The average Bonchev–Trinajstić information content (AvgIpc) is 2.78. The van der Waals surface area contributed by atoms with Gasteiger partial charge in [-0.05, 0) is 55.0 Å². The van der Waals surface area contributed by atoms with Crippen molar-refractivity contribution in [2.24, 2.45) is 0 Å². The molecule has 4 rings (SSSR count). The molecule has 1 saturated heterocycles. The van der Waals surface area contributed by atoms with E-state index < -0.39 is 20.9 Å². The number of amides is 1. The number of carbonyl (C=O) groups is 1. The van der Waals surface area contributed by atoms with E-state index in [0.29, 0.717) is 4.90 Å². The molecule has 0 saturated carbocycles. The fourth-order valence-corrected chi connectivity index (χ4v) is 5.61. The molecule has 2 aromatic carbocycles. The summed E-state index contributed by atoms with van der Waals surface area (Å²) in [5.74, 6) is -0.451. The Morgan fingerprint density at radius 2 is 1.60 bits per heavy atom. The van der Waals surface area contributed by atoms with Gasteiger partial charge in [0.2, 0.25) is 10.0 Å². The number of hydrogen-bond donors (Lipinski definition) is 0. The van der Waals surface area contributed by atoms with Gasteiger partial charge in [0.05, 0.1) is 9.82 Å². The molecule has 1 aliphatic carbocycles. The SMILES string of the molecule is O=C(c1ccccc1[N+](=O)[O-])N1CCN(S(=O)(=O)c2ccc3c(c2)CCCC3)CC1. The van der Waals surface area contributed by atoms with Gasteiger partial charge in [-0.15, -0.1) is 0 Å². The summed E-state index contributed by atoms with van der Waals surface area (Å²) in [4.78, 5) is 25.2. The van der Waals surface area contributed by atoms with Crippen LogP contribution in [0.15, 0.2) is 47.4 Å². The van der Waals surface area contributed by atoms with Crippen LogP contribution in [-0.4, -0.2) is 54.6 Å². The predicted octanol–water partition coefficient (Wildman–Crippen LogP) is 2.62. The highest BCUT2D eigenvalue weighted by molar-refractivity contribution is 7.89. The summed E-state index contributed by atoms with van der Waals surface area (Å²) in [7, 11) is -3.64. The van der Waals surface area contributed by atoms with Crippen LogP contribution >= 0.6 is 0 Å². The van der Waals surface area contributed by atoms with Crippen molar-refractivity contribution < 1.29 is 18.1 Å². The molecule has 2 aromatic rings. The van der Waals surface area contributed by atoms with Crippen LogP contribution in [0.4, 0.5) is 5.69 Å². The lowest BCUT2D eigenvalue weighted by molar-refractivity contribution is -0.385. The number of nitrogens with zero attached hydrogens (tertiary/aromatic N) is 3. The zero-order valence-corrected chi connectivity index (χ0v) is 17.3. The second-order valence-corrected chi connectivity index (χ2v) is 9.55. The predicted molar refractivity (Wildman–Crippen MR) is 111 cm³/mol. The highest BCUT2D eigenvalue weighted by Gasteiger charge is 2.32. The fraction of sp³-hybridized carbons (Fsp3) is 0.381. The molecule has 0 atom stereocenters. The molecule has 1 fully saturated rings. The number of piperazine rings is 1. The van der Waals surface area contributed by atoms with Gasteiger partial charge in [-0.2, -0.15) is 4.31 Å². The first-order valence-corrected chi connectivity index (χ1v) is 11.5. The molecule has 9 heteroatoms. The Labute approximate surface area is 175 Å². The summed E-state index contributed by atoms with van der Waals surface area (Å²) in [6.07, 6.45) is 4.09. The van der Waals surface area contributed by atoms with Gasteiger partial charge in [0.15, 0.2) is 0 Å². The lowest BCUT2D eigenvalue weighted by Crippen LogP contribution is -2.50. The first kappa shape index (κ1) is 20.5. The van der Waals surface area contributed by atoms with Crippen molar-refractivity contribution in [3.63, 3.8) is 0 Å². The molecule has 0 N–H and O–H groups in total. The van der Waals surface area contributed by atoms with Crippen molar-refractivity contribution in [3.8, 4) is 0 Å². The van der Waals surface area contributed by atoms with Crippen molar-refractivity contribution in [1.29, 1.82) is 0 Å². The summed E-state index contributed by atoms with van der Waals surface area (Å²) in [5, 5.41) is 11.2. The van der Waals surface area contributed by atoms with Crippen molar-refractivity contribution in [2.45, 2.75) is 30.6 Å². The third-order valence-corrected chi connectivity index (χ3v) is 7.71. The van der Waals surface area contributed by atoms with E-state index in [9.17, 15) is 23.3 Å². The molecule has 0 unspecified atom stereocenters. The van der Waals surface area contributed by atoms with Gasteiger partial charge in [0, 0.05) is 32.2 Å². The van der Waals surface area contributed by atoms with Crippen LogP contribution in [0.5, 0.6) is 0 Å². The maximum Gasteiger partial charge on any atom is 0.282 e. The van der Waals surface area contributed by atoms with Crippen LogP contribution in [0.25, 0.3) is 0 Å². The second kappa shape index (κ2) is 8.16. The van der Waals surface area contributed by atoms with Gasteiger partial charge < -0.3 is 4.90 Å². The van der Waals surface area contributed by atoms with E-state index in [4.69, 9.17) is 0 Å². The zero-order valence-electron chi connectivity index (χ0n) is 16.5. The van der Waals surface area contributed by atoms with Gasteiger partial charge in [-0.1, -0.05) is 18.2 Å². The largest absolute Gasteiger partial charge is 0.336 e. The van der Waals surface area contributed by atoms with Crippen molar-refractivity contribution in [1.82, 2.24) is 9.21 Å². The molecule has 0 radical (unpaired) electrons. The molecule has 1 aliphatic heterocycles. The Morgan fingerprint density at radius 1 is 0.933 bits per heavy atom. The number of sulfonamides is 1. The second-order valence-electron chi connectivity index (χ2n) is 7.61. The van der Waals surface area contributed by atoms with Crippen LogP contribution in [0.1, 0.15) is 34.3 Å². The normalized spacial score (nSPS) is 17.4. The summed E-state index contributed by atoms with van der Waals surface area (Å²) >= 11 is 0. The van der Waals surface area contributed by atoms with Crippen molar-refractivity contribution in [3.05, 3.63) is 69.3 Å². The number of hydrogen-bond acceptors (Lipinski definition) is 5. The number of nitro groups is 1. The average molecular weight is 429 g/mol. The highest BCUT2D eigenvalue weighted by atomic mass is 32.2. The maximum absolute atomic E-state index is 13.1. The summed E-state index contributed by atoms with van der Waals surface area (Å²) in [6.45, 7) is 0.696. The highest BCUT2D eigenvalue weighted by Crippen LogP contribution is 2.27. The molecule has 8 nitrogen and oxygen atoms in total. The Kier molecular flexibility index (Phi) is 5.57. The monoisotopic (exact) mass is 429 g/mol. The lowest BCUT2D eigenvalue weighted by Gasteiger charge is -2.34. The first-order chi connectivity index (χ1) is 14.4. The molecule has 0 spiro atoms. The lowest BCUT2D eigenvalue weighted by atomic mass is 9.92. The molecular formula is C21H23N3O5S. The van der Waals surface area contributed by atoms with Gasteiger partial charge in [0.1, 0.15) is 5.56 Å². The fourth-order valence-electron chi connectivity index (χ4n) is 4.13. The molecule has 30 heavy (non-hydrogen) atoms. The molecule has 1 amide bonds. The Bertz CT molecular complexity index is 1090. The molecule has 2 aliphatic rings. The van der Waals surface area contributed by atoms with Crippen LogP contribution in [0.2, 0.25) is 0 Å². The van der Waals surface area contributed by atoms with Crippen molar-refractivity contribution in [2.75, 3.05) is 26.2 Å². The van der Waals surface area contributed by atoms with Gasteiger partial charge in [-0.3, -0.25) is 14.9 Å². The number of fused-ring (bicyclic) bond motifs is 1. The van der Waals surface area contributed by atoms with E-state index in [1.165, 1.54) is 33.0 Å². The minimum atomic E-state index is -3.64. The molecule has 158 valence electrons. The van der Waals surface area contributed by atoms with Crippen LogP contribution in [0, 0.1) is 10.1 Å². The van der Waals surface area contributed by atoms with E-state index in [1.54, 1.807) is 18.2 Å². The number of aryl methyl sites for hydroxylation is 2. The van der Waals surface area contributed by atoms with Crippen LogP contribution < -0.4 is 0 Å². The molecule has 0 bridgehead atoms. The Balaban J connectivity index is 1.48. The summed E-state index contributed by atoms with van der Waals surface area (Å²) < 4.78 is 27.6. The van der Waals surface area contributed by atoms with E-state index in [0.717, 1.165) is 31.2 Å². The third kappa shape index (κ3) is 3.82. The summed E-state index contributed by atoms with van der Waals surface area (Å²) in [6, 6.07) is 11.2. The number of rotatable bonds is 4. The number of carbonyl (C=O) groups excluding carboxylic acids is 1. The number of para-hydroxylation sites is 1. The zero-order chi connectivity index (χ0) is 21.3. The standard InChI is InChI=1S/C21H23N3O5S/c25-21(19-7-3-4-8-20(19)24(26)27)22-11-13-23(14-12-22)30(28,29)18-10-9-16-5-1-2-6-17(16)15-18/h3-4,7-10,15H,1-2,5-6,11-14H2. The quantitative estimate of drug-likeness (QED) is 0.549. The molecular weight excluding hydrogens is 406 g/mol. The summed E-state index contributed by atoms with van der Waals surface area (Å²) in [5.41, 5.74) is 2.10. The van der Waals surface area contributed by atoms with Crippen LogP contribution in [0.3, 0.4) is 0 Å². The minimum absolute atomic E-state index is 0.0218.